The standard InChI is InChI=1S/C14H27NO/c1-2-14(12-7-4-3-5-8-12)15-11-13-9-6-10-16-13/h12-15H,2-11H2,1H3. The highest BCUT2D eigenvalue weighted by Crippen LogP contribution is 2.27. The Bertz CT molecular complexity index is 183. The van der Waals surface area contributed by atoms with Gasteiger partial charge in [-0.2, -0.15) is 0 Å². The number of nitrogens with one attached hydrogen (secondary N) is 1. The first-order valence-electron chi connectivity index (χ1n) is 7.25. The molecular weight excluding hydrogens is 198 g/mol. The van der Waals surface area contributed by atoms with Crippen molar-refractivity contribution in [2.75, 3.05) is 13.2 Å². The maximum atomic E-state index is 5.67. The van der Waals surface area contributed by atoms with Crippen molar-refractivity contribution >= 4 is 0 Å². The van der Waals surface area contributed by atoms with Crippen LogP contribution in [0.25, 0.3) is 0 Å². The van der Waals surface area contributed by atoms with Gasteiger partial charge in [0.05, 0.1) is 6.10 Å². The highest BCUT2D eigenvalue weighted by atomic mass is 16.5. The molecule has 0 radical (unpaired) electrons. The van der Waals surface area contributed by atoms with E-state index in [1.807, 2.05) is 0 Å². The minimum atomic E-state index is 0.498. The fraction of sp³-hybridized carbons (Fsp3) is 1.00. The summed E-state index contributed by atoms with van der Waals surface area (Å²) < 4.78 is 5.67. The van der Waals surface area contributed by atoms with Gasteiger partial charge in [-0.05, 0) is 38.0 Å². The Morgan fingerprint density at radius 3 is 2.56 bits per heavy atom. The minimum Gasteiger partial charge on any atom is -0.377 e. The first-order valence-corrected chi connectivity index (χ1v) is 7.25. The molecule has 0 aromatic rings. The Morgan fingerprint density at radius 2 is 1.94 bits per heavy atom. The molecule has 0 aromatic carbocycles. The third-order valence-electron chi connectivity index (χ3n) is 4.29. The molecule has 1 N–H and O–H groups in total. The molecule has 1 aliphatic carbocycles. The molecule has 2 rings (SSSR count). The van der Waals surface area contributed by atoms with Crippen LogP contribution < -0.4 is 5.32 Å². The lowest BCUT2D eigenvalue weighted by molar-refractivity contribution is 0.103. The summed E-state index contributed by atoms with van der Waals surface area (Å²) in [5, 5.41) is 3.76. The van der Waals surface area contributed by atoms with Crippen LogP contribution in [0.1, 0.15) is 58.3 Å². The van der Waals surface area contributed by atoms with Crippen molar-refractivity contribution in [3.05, 3.63) is 0 Å². The maximum absolute atomic E-state index is 5.67. The Balaban J connectivity index is 1.70. The Hall–Kier alpha value is -0.0800. The summed E-state index contributed by atoms with van der Waals surface area (Å²) in [4.78, 5) is 0. The topological polar surface area (TPSA) is 21.3 Å². The Kier molecular flexibility index (Phi) is 5.11. The van der Waals surface area contributed by atoms with Crippen LogP contribution in [0.2, 0.25) is 0 Å². The zero-order valence-electron chi connectivity index (χ0n) is 10.7. The summed E-state index contributed by atoms with van der Waals surface area (Å²) in [6.45, 7) is 4.38. The van der Waals surface area contributed by atoms with Gasteiger partial charge < -0.3 is 10.1 Å². The maximum Gasteiger partial charge on any atom is 0.0700 e. The third kappa shape index (κ3) is 3.46. The second-order valence-electron chi connectivity index (χ2n) is 5.46. The van der Waals surface area contributed by atoms with E-state index < -0.39 is 0 Å². The van der Waals surface area contributed by atoms with Crippen LogP contribution >= 0.6 is 0 Å². The van der Waals surface area contributed by atoms with Gasteiger partial charge in [-0.1, -0.05) is 26.2 Å². The van der Waals surface area contributed by atoms with Gasteiger partial charge in [-0.25, -0.2) is 0 Å². The first-order chi connectivity index (χ1) is 7.90. The fourth-order valence-corrected chi connectivity index (χ4v) is 3.27. The van der Waals surface area contributed by atoms with Crippen LogP contribution in [0.3, 0.4) is 0 Å². The summed E-state index contributed by atoms with van der Waals surface area (Å²) in [7, 11) is 0. The molecule has 2 heteroatoms. The van der Waals surface area contributed by atoms with Gasteiger partial charge in [-0.15, -0.1) is 0 Å². The van der Waals surface area contributed by atoms with Gasteiger partial charge in [0.2, 0.25) is 0 Å². The molecule has 2 fully saturated rings. The quantitative estimate of drug-likeness (QED) is 0.776. The molecule has 1 saturated heterocycles. The first kappa shape index (κ1) is 12.4. The second kappa shape index (κ2) is 6.61. The molecule has 2 aliphatic rings. The van der Waals surface area contributed by atoms with Crippen molar-refractivity contribution in [3.63, 3.8) is 0 Å². The van der Waals surface area contributed by atoms with E-state index in [9.17, 15) is 0 Å². The smallest absolute Gasteiger partial charge is 0.0700 e. The molecule has 2 unspecified atom stereocenters. The lowest BCUT2D eigenvalue weighted by Crippen LogP contribution is -2.40. The van der Waals surface area contributed by atoms with E-state index >= 15 is 0 Å². The zero-order chi connectivity index (χ0) is 11.2. The van der Waals surface area contributed by atoms with Crippen LogP contribution in [0.4, 0.5) is 0 Å². The van der Waals surface area contributed by atoms with Crippen molar-refractivity contribution < 1.29 is 4.74 Å². The van der Waals surface area contributed by atoms with Crippen molar-refractivity contribution in [1.29, 1.82) is 0 Å². The van der Waals surface area contributed by atoms with Crippen LogP contribution in [0.5, 0.6) is 0 Å². The monoisotopic (exact) mass is 225 g/mol. The van der Waals surface area contributed by atoms with Crippen LogP contribution in [0.15, 0.2) is 0 Å². The average molecular weight is 225 g/mol. The predicted molar refractivity (Wildman–Crippen MR) is 67.6 cm³/mol. The van der Waals surface area contributed by atoms with Crippen molar-refractivity contribution in [2.45, 2.75) is 70.4 Å². The van der Waals surface area contributed by atoms with Crippen molar-refractivity contribution in [3.8, 4) is 0 Å². The predicted octanol–water partition coefficient (Wildman–Crippen LogP) is 3.11. The van der Waals surface area contributed by atoms with Gasteiger partial charge in [-0.3, -0.25) is 0 Å². The molecule has 2 nitrogen and oxygen atoms in total. The average Bonchev–Trinajstić information content (AvgIpc) is 2.84. The highest BCUT2D eigenvalue weighted by molar-refractivity contribution is 4.80. The lowest BCUT2D eigenvalue weighted by Gasteiger charge is -2.31. The van der Waals surface area contributed by atoms with E-state index in [4.69, 9.17) is 4.74 Å². The number of ether oxygens (including phenoxy) is 1. The molecule has 0 aromatic heterocycles. The van der Waals surface area contributed by atoms with E-state index in [0.29, 0.717) is 6.10 Å². The van der Waals surface area contributed by atoms with Crippen LogP contribution in [-0.2, 0) is 4.74 Å². The van der Waals surface area contributed by atoms with Gasteiger partial charge in [0, 0.05) is 19.2 Å². The normalized spacial score (nSPS) is 29.4. The van der Waals surface area contributed by atoms with E-state index in [1.54, 1.807) is 0 Å². The Morgan fingerprint density at radius 1 is 1.12 bits per heavy atom. The largest absolute Gasteiger partial charge is 0.377 e. The number of hydrogen-bond acceptors (Lipinski definition) is 2. The molecule has 0 bridgehead atoms. The molecular formula is C14H27NO. The van der Waals surface area contributed by atoms with Gasteiger partial charge >= 0.3 is 0 Å². The van der Waals surface area contributed by atoms with Crippen LogP contribution in [-0.4, -0.2) is 25.3 Å². The summed E-state index contributed by atoms with van der Waals surface area (Å²) in [6, 6.07) is 0.740. The van der Waals surface area contributed by atoms with E-state index in [-0.39, 0.29) is 0 Å². The molecule has 1 aliphatic heterocycles. The Labute approximate surface area is 100 Å². The summed E-state index contributed by atoms with van der Waals surface area (Å²) >= 11 is 0. The summed E-state index contributed by atoms with van der Waals surface area (Å²) in [6.07, 6.45) is 11.5. The highest BCUT2D eigenvalue weighted by Gasteiger charge is 2.23. The molecule has 1 saturated carbocycles. The molecule has 0 amide bonds. The molecule has 94 valence electrons. The lowest BCUT2D eigenvalue weighted by atomic mass is 9.83. The van der Waals surface area contributed by atoms with Gasteiger partial charge in [0.15, 0.2) is 0 Å². The van der Waals surface area contributed by atoms with Crippen molar-refractivity contribution in [1.82, 2.24) is 5.32 Å². The second-order valence-corrected chi connectivity index (χ2v) is 5.46. The fourth-order valence-electron chi connectivity index (χ4n) is 3.27. The molecule has 16 heavy (non-hydrogen) atoms. The van der Waals surface area contributed by atoms with E-state index in [2.05, 4.69) is 12.2 Å². The number of hydrogen-bond donors (Lipinski definition) is 1. The summed E-state index contributed by atoms with van der Waals surface area (Å²) in [5.41, 5.74) is 0. The third-order valence-corrected chi connectivity index (χ3v) is 4.29. The molecule has 0 spiro atoms. The van der Waals surface area contributed by atoms with Gasteiger partial charge in [0.1, 0.15) is 0 Å². The SMILES string of the molecule is CCC(NCC1CCCO1)C1CCCCC1. The van der Waals surface area contributed by atoms with Crippen LogP contribution in [0, 0.1) is 5.92 Å². The minimum absolute atomic E-state index is 0.498. The van der Waals surface area contributed by atoms with Gasteiger partial charge in [0.25, 0.3) is 0 Å². The van der Waals surface area contributed by atoms with E-state index in [1.165, 1.54) is 51.4 Å². The molecule has 2 atom stereocenters. The zero-order valence-corrected chi connectivity index (χ0v) is 10.7. The van der Waals surface area contributed by atoms with E-state index in [0.717, 1.165) is 25.1 Å². The molecule has 1 heterocycles. The number of rotatable bonds is 5. The summed E-state index contributed by atoms with van der Waals surface area (Å²) in [5.74, 6) is 0.931. The van der Waals surface area contributed by atoms with Crippen molar-refractivity contribution in [2.24, 2.45) is 5.92 Å².